The minimum atomic E-state index is 0.560. The minimum absolute atomic E-state index is 0.560. The van der Waals surface area contributed by atoms with Crippen LogP contribution in [0.1, 0.15) is 32.5 Å². The summed E-state index contributed by atoms with van der Waals surface area (Å²) >= 11 is 1.47. The van der Waals surface area contributed by atoms with Crippen LogP contribution >= 0.6 is 11.5 Å². The maximum atomic E-state index is 4.35. The van der Waals surface area contributed by atoms with Crippen LogP contribution in [-0.2, 0) is 0 Å². The Bertz CT molecular complexity index is 338. The van der Waals surface area contributed by atoms with Crippen molar-refractivity contribution in [2.75, 3.05) is 18.4 Å². The monoisotopic (exact) mass is 240 g/mol. The van der Waals surface area contributed by atoms with Gasteiger partial charge < -0.3 is 10.2 Å². The number of likely N-dealkylation sites (tertiary alicyclic amines) is 1. The molecule has 0 radical (unpaired) electrons. The zero-order valence-corrected chi connectivity index (χ0v) is 11.0. The average molecular weight is 240 g/mol. The number of aryl methyl sites for hydroxylation is 1. The van der Waals surface area contributed by atoms with E-state index in [1.165, 1.54) is 30.9 Å². The number of hydrogen-bond donors (Lipinski definition) is 1. The van der Waals surface area contributed by atoms with Crippen LogP contribution in [0.2, 0.25) is 0 Å². The number of anilines is 1. The average Bonchev–Trinajstić information content (AvgIpc) is 2.64. The molecule has 0 aromatic carbocycles. The van der Waals surface area contributed by atoms with E-state index in [1.54, 1.807) is 0 Å². The number of rotatable bonds is 3. The lowest BCUT2D eigenvalue weighted by Gasteiger charge is -2.37. The Kier molecular flexibility index (Phi) is 3.76. The molecule has 2 rings (SSSR count). The maximum absolute atomic E-state index is 4.35. The molecule has 0 bridgehead atoms. The molecule has 1 aromatic rings. The van der Waals surface area contributed by atoms with E-state index in [4.69, 9.17) is 0 Å². The summed E-state index contributed by atoms with van der Waals surface area (Å²) in [5.74, 6) is 0.867. The van der Waals surface area contributed by atoms with E-state index in [0.717, 1.165) is 17.5 Å². The van der Waals surface area contributed by atoms with E-state index >= 15 is 0 Å². The molecule has 0 aliphatic carbocycles. The van der Waals surface area contributed by atoms with E-state index in [-0.39, 0.29) is 0 Å². The number of aromatic nitrogens is 2. The van der Waals surface area contributed by atoms with Crippen molar-refractivity contribution >= 4 is 16.7 Å². The van der Waals surface area contributed by atoms with Crippen molar-refractivity contribution in [3.8, 4) is 0 Å². The molecule has 4 nitrogen and oxygen atoms in total. The highest BCUT2D eigenvalue weighted by molar-refractivity contribution is 7.09. The fraction of sp³-hybridized carbons (Fsp3) is 0.818. The van der Waals surface area contributed by atoms with Gasteiger partial charge in [-0.25, -0.2) is 4.98 Å². The number of nitrogens with zero attached hydrogens (tertiary/aromatic N) is 3. The Morgan fingerprint density at radius 1 is 1.56 bits per heavy atom. The summed E-state index contributed by atoms with van der Waals surface area (Å²) in [6, 6.07) is 1.23. The third-order valence-corrected chi connectivity index (χ3v) is 4.01. The number of piperidine rings is 1. The second-order valence-corrected chi connectivity index (χ2v) is 5.24. The first kappa shape index (κ1) is 11.8. The first-order chi connectivity index (χ1) is 7.69. The van der Waals surface area contributed by atoms with Crippen LogP contribution in [0.5, 0.6) is 0 Å². The first-order valence-electron chi connectivity index (χ1n) is 6.00. The molecule has 1 N–H and O–H groups in total. The highest BCUT2D eigenvalue weighted by Crippen LogP contribution is 2.21. The molecule has 1 aromatic heterocycles. The summed E-state index contributed by atoms with van der Waals surface area (Å²) in [5.41, 5.74) is 0. The molecule has 90 valence electrons. The Hall–Kier alpha value is -0.680. The second-order valence-electron chi connectivity index (χ2n) is 4.49. The molecule has 0 spiro atoms. The van der Waals surface area contributed by atoms with Gasteiger partial charge in [0.25, 0.3) is 0 Å². The topological polar surface area (TPSA) is 41.0 Å². The molecular formula is C11H20N4S. The lowest BCUT2D eigenvalue weighted by Crippen LogP contribution is -2.44. The molecule has 1 aliphatic rings. The van der Waals surface area contributed by atoms with Gasteiger partial charge in [-0.05, 0) is 33.2 Å². The van der Waals surface area contributed by atoms with Gasteiger partial charge in [0.2, 0.25) is 5.13 Å². The molecular weight excluding hydrogens is 220 g/mol. The zero-order valence-electron chi connectivity index (χ0n) is 10.2. The molecule has 2 unspecified atom stereocenters. The molecule has 2 atom stereocenters. The lowest BCUT2D eigenvalue weighted by molar-refractivity contribution is 0.161. The first-order valence-corrected chi connectivity index (χ1v) is 6.77. The van der Waals surface area contributed by atoms with Gasteiger partial charge in [-0.3, -0.25) is 0 Å². The fourth-order valence-electron chi connectivity index (χ4n) is 2.35. The molecule has 16 heavy (non-hydrogen) atoms. The van der Waals surface area contributed by atoms with E-state index in [1.807, 2.05) is 6.92 Å². The van der Waals surface area contributed by atoms with Gasteiger partial charge in [0, 0.05) is 30.2 Å². The Morgan fingerprint density at radius 3 is 2.94 bits per heavy atom. The molecule has 0 saturated carbocycles. The van der Waals surface area contributed by atoms with Crippen LogP contribution in [0.25, 0.3) is 0 Å². The summed E-state index contributed by atoms with van der Waals surface area (Å²) in [7, 11) is 0. The van der Waals surface area contributed by atoms with Gasteiger partial charge >= 0.3 is 0 Å². The summed E-state index contributed by atoms with van der Waals surface area (Å²) < 4.78 is 4.19. The van der Waals surface area contributed by atoms with Crippen molar-refractivity contribution in [1.82, 2.24) is 14.3 Å². The SMILES string of the molecule is CCN1CCC(Nc2nc(C)ns2)CC1C. The van der Waals surface area contributed by atoms with E-state index in [9.17, 15) is 0 Å². The highest BCUT2D eigenvalue weighted by atomic mass is 32.1. The summed E-state index contributed by atoms with van der Waals surface area (Å²) in [6.45, 7) is 8.82. The Labute approximate surface area is 101 Å². The fourth-order valence-corrected chi connectivity index (χ4v) is 3.00. The summed E-state index contributed by atoms with van der Waals surface area (Å²) in [5, 5.41) is 4.47. The third kappa shape index (κ3) is 2.71. The summed E-state index contributed by atoms with van der Waals surface area (Å²) in [6.07, 6.45) is 2.41. The molecule has 5 heteroatoms. The second kappa shape index (κ2) is 5.10. The lowest BCUT2D eigenvalue weighted by atomic mass is 9.98. The van der Waals surface area contributed by atoms with Crippen LogP contribution in [0.3, 0.4) is 0 Å². The number of nitrogens with one attached hydrogen (secondary N) is 1. The van der Waals surface area contributed by atoms with Crippen LogP contribution in [-0.4, -0.2) is 39.4 Å². The Balaban J connectivity index is 1.88. The highest BCUT2D eigenvalue weighted by Gasteiger charge is 2.24. The molecule has 1 fully saturated rings. The zero-order chi connectivity index (χ0) is 11.5. The van der Waals surface area contributed by atoms with E-state index in [2.05, 4.69) is 33.4 Å². The third-order valence-electron chi connectivity index (χ3n) is 3.28. The quantitative estimate of drug-likeness (QED) is 0.879. The van der Waals surface area contributed by atoms with Crippen LogP contribution in [0, 0.1) is 6.92 Å². The van der Waals surface area contributed by atoms with Crippen molar-refractivity contribution in [3.05, 3.63) is 5.82 Å². The van der Waals surface area contributed by atoms with Crippen LogP contribution in [0.4, 0.5) is 5.13 Å². The molecule has 1 aliphatic heterocycles. The predicted octanol–water partition coefficient (Wildman–Crippen LogP) is 2.13. The van der Waals surface area contributed by atoms with E-state index < -0.39 is 0 Å². The Morgan fingerprint density at radius 2 is 2.38 bits per heavy atom. The van der Waals surface area contributed by atoms with Crippen molar-refractivity contribution in [1.29, 1.82) is 0 Å². The molecule has 2 heterocycles. The normalized spacial score (nSPS) is 26.9. The van der Waals surface area contributed by atoms with Crippen molar-refractivity contribution in [2.45, 2.75) is 45.7 Å². The van der Waals surface area contributed by atoms with Crippen LogP contribution in [0.15, 0.2) is 0 Å². The smallest absolute Gasteiger partial charge is 0.202 e. The maximum Gasteiger partial charge on any atom is 0.202 e. The van der Waals surface area contributed by atoms with Gasteiger partial charge in [0.1, 0.15) is 5.82 Å². The van der Waals surface area contributed by atoms with E-state index in [0.29, 0.717) is 12.1 Å². The van der Waals surface area contributed by atoms with Crippen molar-refractivity contribution < 1.29 is 0 Å². The van der Waals surface area contributed by atoms with Gasteiger partial charge in [-0.1, -0.05) is 6.92 Å². The number of hydrogen-bond acceptors (Lipinski definition) is 5. The van der Waals surface area contributed by atoms with Gasteiger partial charge in [-0.2, -0.15) is 4.37 Å². The van der Waals surface area contributed by atoms with Crippen molar-refractivity contribution in [2.24, 2.45) is 0 Å². The molecule has 0 amide bonds. The molecule has 1 saturated heterocycles. The minimum Gasteiger partial charge on any atom is -0.357 e. The standard InChI is InChI=1S/C11H20N4S/c1-4-15-6-5-10(7-8(15)2)13-11-12-9(3)14-16-11/h8,10H,4-7H2,1-3H3,(H,12,13,14). The summed E-state index contributed by atoms with van der Waals surface area (Å²) in [4.78, 5) is 6.88. The van der Waals surface area contributed by atoms with Gasteiger partial charge in [0.15, 0.2) is 0 Å². The largest absolute Gasteiger partial charge is 0.357 e. The predicted molar refractivity (Wildman–Crippen MR) is 68.0 cm³/mol. The van der Waals surface area contributed by atoms with Gasteiger partial charge in [-0.15, -0.1) is 0 Å². The van der Waals surface area contributed by atoms with Crippen LogP contribution < -0.4 is 5.32 Å². The van der Waals surface area contributed by atoms with Crippen molar-refractivity contribution in [3.63, 3.8) is 0 Å². The van der Waals surface area contributed by atoms with Gasteiger partial charge in [0.05, 0.1) is 0 Å².